The fraction of sp³-hybridized carbons (Fsp3) is 0.714. The van der Waals surface area contributed by atoms with Crippen molar-refractivity contribution in [2.45, 2.75) is 40.0 Å². The second-order valence-electron chi connectivity index (χ2n) is 4.48. The van der Waals surface area contributed by atoms with E-state index in [1.165, 1.54) is 0 Å². The molecule has 108 valence electrons. The van der Waals surface area contributed by atoms with Crippen molar-refractivity contribution in [1.29, 1.82) is 0 Å². The zero-order chi connectivity index (χ0) is 14.1. The van der Waals surface area contributed by atoms with Gasteiger partial charge in [-0.05, 0) is 13.3 Å². The smallest absolute Gasteiger partial charge is 0.134 e. The van der Waals surface area contributed by atoms with Gasteiger partial charge in [0.05, 0.1) is 6.61 Å². The summed E-state index contributed by atoms with van der Waals surface area (Å²) in [5.74, 6) is 2.61. The highest BCUT2D eigenvalue weighted by Gasteiger charge is 2.10. The maximum atomic E-state index is 9.20. The molecular weight excluding hydrogens is 240 g/mol. The van der Waals surface area contributed by atoms with Crippen LogP contribution in [-0.4, -0.2) is 41.3 Å². The van der Waals surface area contributed by atoms with Gasteiger partial charge in [0.25, 0.3) is 0 Å². The summed E-state index contributed by atoms with van der Waals surface area (Å²) in [5, 5.41) is 12.4. The largest absolute Gasteiger partial charge is 0.395 e. The highest BCUT2D eigenvalue weighted by Crippen LogP contribution is 2.17. The van der Waals surface area contributed by atoms with Gasteiger partial charge in [-0.2, -0.15) is 0 Å². The third-order valence-corrected chi connectivity index (χ3v) is 2.91. The minimum Gasteiger partial charge on any atom is -0.395 e. The number of aromatic nitrogens is 2. The van der Waals surface area contributed by atoms with Gasteiger partial charge in [-0.1, -0.05) is 20.3 Å². The molecule has 0 aliphatic rings. The maximum absolute atomic E-state index is 9.20. The van der Waals surface area contributed by atoms with E-state index in [-0.39, 0.29) is 6.61 Å². The average Bonchev–Trinajstić information content (AvgIpc) is 2.43. The van der Waals surface area contributed by atoms with Crippen LogP contribution in [-0.2, 0) is 6.42 Å². The molecule has 2 N–H and O–H groups in total. The monoisotopic (exact) mass is 266 g/mol. The molecule has 0 aliphatic heterocycles. The highest BCUT2D eigenvalue weighted by atomic mass is 16.3. The molecule has 0 aliphatic carbocycles. The summed E-state index contributed by atoms with van der Waals surface area (Å²) in [4.78, 5) is 11.2. The molecule has 19 heavy (non-hydrogen) atoms. The third-order valence-electron chi connectivity index (χ3n) is 2.91. The summed E-state index contributed by atoms with van der Waals surface area (Å²) >= 11 is 0. The standard InChI is InChI=1S/C14H26N4O/c1-4-7-8-18(9-10-19)14-11-13(15-6-3)16-12(5-2)17-14/h11,19H,4-10H2,1-3H3,(H,15,16,17). The van der Waals surface area contributed by atoms with Crippen molar-refractivity contribution < 1.29 is 5.11 Å². The molecule has 5 nitrogen and oxygen atoms in total. The molecular formula is C14H26N4O. The second kappa shape index (κ2) is 8.69. The van der Waals surface area contributed by atoms with E-state index in [2.05, 4.69) is 41.0 Å². The van der Waals surface area contributed by atoms with Gasteiger partial charge in [0.1, 0.15) is 17.5 Å². The van der Waals surface area contributed by atoms with Crippen LogP contribution in [0.5, 0.6) is 0 Å². The summed E-state index contributed by atoms with van der Waals surface area (Å²) in [5.41, 5.74) is 0. The Kier molecular flexibility index (Phi) is 7.18. The number of rotatable bonds is 9. The lowest BCUT2D eigenvalue weighted by molar-refractivity contribution is 0.301. The van der Waals surface area contributed by atoms with Gasteiger partial charge in [0.2, 0.25) is 0 Å². The molecule has 1 aromatic rings. The predicted octanol–water partition coefficient (Wildman–Crippen LogP) is 2.07. The van der Waals surface area contributed by atoms with Crippen LogP contribution in [0.25, 0.3) is 0 Å². The lowest BCUT2D eigenvalue weighted by Gasteiger charge is -2.23. The third kappa shape index (κ3) is 5.03. The van der Waals surface area contributed by atoms with Gasteiger partial charge >= 0.3 is 0 Å². The zero-order valence-corrected chi connectivity index (χ0v) is 12.3. The van der Waals surface area contributed by atoms with E-state index in [0.717, 1.165) is 49.8 Å². The number of aryl methyl sites for hydroxylation is 1. The molecule has 0 amide bonds. The lowest BCUT2D eigenvalue weighted by atomic mass is 10.3. The van der Waals surface area contributed by atoms with Crippen LogP contribution < -0.4 is 10.2 Å². The number of aliphatic hydroxyl groups is 1. The van der Waals surface area contributed by atoms with Crippen molar-refractivity contribution in [3.63, 3.8) is 0 Å². The molecule has 0 saturated carbocycles. The Bertz CT molecular complexity index is 370. The first-order valence-electron chi connectivity index (χ1n) is 7.22. The molecule has 1 rings (SSSR count). The van der Waals surface area contributed by atoms with Crippen molar-refractivity contribution in [3.05, 3.63) is 11.9 Å². The fourth-order valence-corrected chi connectivity index (χ4v) is 1.89. The Hall–Kier alpha value is -1.36. The second-order valence-corrected chi connectivity index (χ2v) is 4.48. The van der Waals surface area contributed by atoms with Crippen LogP contribution in [0, 0.1) is 0 Å². The zero-order valence-electron chi connectivity index (χ0n) is 12.3. The van der Waals surface area contributed by atoms with Gasteiger partial charge in [-0.3, -0.25) is 0 Å². The Labute approximate surface area is 116 Å². The Morgan fingerprint density at radius 1 is 1.21 bits per heavy atom. The van der Waals surface area contributed by atoms with Crippen LogP contribution in [0.3, 0.4) is 0 Å². The van der Waals surface area contributed by atoms with E-state index >= 15 is 0 Å². The van der Waals surface area contributed by atoms with E-state index in [4.69, 9.17) is 0 Å². The summed E-state index contributed by atoms with van der Waals surface area (Å²) in [7, 11) is 0. The molecule has 0 spiro atoms. The van der Waals surface area contributed by atoms with Gasteiger partial charge in [-0.15, -0.1) is 0 Å². The molecule has 0 fully saturated rings. The number of unbranched alkanes of at least 4 members (excludes halogenated alkanes) is 1. The highest BCUT2D eigenvalue weighted by molar-refractivity contribution is 5.49. The van der Waals surface area contributed by atoms with Crippen LogP contribution in [0.1, 0.15) is 39.4 Å². The van der Waals surface area contributed by atoms with E-state index in [1.807, 2.05) is 6.07 Å². The van der Waals surface area contributed by atoms with Crippen LogP contribution >= 0.6 is 0 Å². The van der Waals surface area contributed by atoms with Gasteiger partial charge < -0.3 is 15.3 Å². The van der Waals surface area contributed by atoms with Crippen molar-refractivity contribution in [1.82, 2.24) is 9.97 Å². The Balaban J connectivity index is 2.95. The molecule has 1 heterocycles. The summed E-state index contributed by atoms with van der Waals surface area (Å²) < 4.78 is 0. The minimum atomic E-state index is 0.145. The van der Waals surface area contributed by atoms with Crippen LogP contribution in [0.15, 0.2) is 6.07 Å². The van der Waals surface area contributed by atoms with E-state index in [1.54, 1.807) is 0 Å². The molecule has 0 radical (unpaired) electrons. The van der Waals surface area contributed by atoms with Crippen molar-refractivity contribution >= 4 is 11.6 Å². The SMILES string of the molecule is CCCCN(CCO)c1cc(NCC)nc(CC)n1. The number of hydrogen-bond acceptors (Lipinski definition) is 5. The topological polar surface area (TPSA) is 61.3 Å². The average molecular weight is 266 g/mol. The maximum Gasteiger partial charge on any atom is 0.134 e. The molecule has 5 heteroatoms. The van der Waals surface area contributed by atoms with Crippen molar-refractivity contribution in [2.75, 3.05) is 36.5 Å². The first-order chi connectivity index (χ1) is 9.24. The quantitative estimate of drug-likeness (QED) is 0.716. The normalized spacial score (nSPS) is 10.5. The van der Waals surface area contributed by atoms with E-state index in [0.29, 0.717) is 6.54 Å². The number of nitrogens with zero attached hydrogens (tertiary/aromatic N) is 3. The molecule has 0 unspecified atom stereocenters. The molecule has 0 aromatic carbocycles. The van der Waals surface area contributed by atoms with E-state index < -0.39 is 0 Å². The minimum absolute atomic E-state index is 0.145. The van der Waals surface area contributed by atoms with Gasteiger partial charge in [0.15, 0.2) is 0 Å². The number of nitrogens with one attached hydrogen (secondary N) is 1. The molecule has 1 aromatic heterocycles. The van der Waals surface area contributed by atoms with Gasteiger partial charge in [-0.25, -0.2) is 9.97 Å². The number of aliphatic hydroxyl groups excluding tert-OH is 1. The Morgan fingerprint density at radius 2 is 2.00 bits per heavy atom. The first-order valence-corrected chi connectivity index (χ1v) is 7.22. The van der Waals surface area contributed by atoms with E-state index in [9.17, 15) is 5.11 Å². The first kappa shape index (κ1) is 15.7. The van der Waals surface area contributed by atoms with Crippen LogP contribution in [0.2, 0.25) is 0 Å². The fourth-order valence-electron chi connectivity index (χ4n) is 1.89. The summed E-state index contributed by atoms with van der Waals surface area (Å²) in [6, 6.07) is 1.97. The lowest BCUT2D eigenvalue weighted by Crippen LogP contribution is -2.29. The van der Waals surface area contributed by atoms with Gasteiger partial charge in [0, 0.05) is 32.1 Å². The number of anilines is 2. The predicted molar refractivity (Wildman–Crippen MR) is 79.8 cm³/mol. The summed E-state index contributed by atoms with van der Waals surface area (Å²) in [6.07, 6.45) is 3.04. The molecule has 0 bridgehead atoms. The molecule has 0 saturated heterocycles. The molecule has 0 atom stereocenters. The Morgan fingerprint density at radius 3 is 2.58 bits per heavy atom. The van der Waals surface area contributed by atoms with Crippen LogP contribution in [0.4, 0.5) is 11.6 Å². The van der Waals surface area contributed by atoms with Crippen molar-refractivity contribution in [3.8, 4) is 0 Å². The summed E-state index contributed by atoms with van der Waals surface area (Å²) in [6.45, 7) is 8.79. The number of hydrogen-bond donors (Lipinski definition) is 2. The van der Waals surface area contributed by atoms with Crippen molar-refractivity contribution in [2.24, 2.45) is 0 Å².